The van der Waals surface area contributed by atoms with Crippen molar-refractivity contribution in [2.24, 2.45) is 0 Å². The molecule has 3 heteroatoms. The van der Waals surface area contributed by atoms with Gasteiger partial charge in [-0.15, -0.1) is 0 Å². The molecule has 1 fully saturated rings. The first-order chi connectivity index (χ1) is 8.75. The molecule has 1 aliphatic rings. The molecule has 1 aromatic carbocycles. The van der Waals surface area contributed by atoms with Crippen LogP contribution in [0.1, 0.15) is 31.2 Å². The topological polar surface area (TPSA) is 29.5 Å². The molecular weight excluding hydrogens is 226 g/mol. The summed E-state index contributed by atoms with van der Waals surface area (Å²) < 4.78 is 5.60. The summed E-state index contributed by atoms with van der Waals surface area (Å²) in [5.74, 6) is 0.172. The number of carbonyl (C=O) groups is 1. The Hall–Kier alpha value is -1.35. The average Bonchev–Trinajstić information content (AvgIpc) is 2.41. The van der Waals surface area contributed by atoms with E-state index in [1.54, 1.807) is 4.90 Å². The van der Waals surface area contributed by atoms with Crippen LogP contribution in [0.5, 0.6) is 0 Å². The molecule has 0 spiro atoms. The van der Waals surface area contributed by atoms with Gasteiger partial charge >= 0.3 is 0 Å². The van der Waals surface area contributed by atoms with Crippen LogP contribution < -0.4 is 0 Å². The monoisotopic (exact) mass is 247 g/mol. The van der Waals surface area contributed by atoms with Crippen molar-refractivity contribution in [3.63, 3.8) is 0 Å². The van der Waals surface area contributed by atoms with E-state index in [0.717, 1.165) is 25.0 Å². The lowest BCUT2D eigenvalue weighted by molar-refractivity contribution is -0.134. The quantitative estimate of drug-likeness (QED) is 0.818. The molecule has 1 atom stereocenters. The Kier molecular flexibility index (Phi) is 4.76. The van der Waals surface area contributed by atoms with Crippen LogP contribution in [0.15, 0.2) is 30.3 Å². The first-order valence-electron chi connectivity index (χ1n) is 6.65. The van der Waals surface area contributed by atoms with Gasteiger partial charge in [-0.25, -0.2) is 0 Å². The molecular formula is C15H21NO2. The van der Waals surface area contributed by atoms with Crippen LogP contribution in [-0.4, -0.2) is 30.6 Å². The van der Waals surface area contributed by atoms with Gasteiger partial charge in [0, 0.05) is 20.2 Å². The van der Waals surface area contributed by atoms with Crippen LogP contribution in [0, 0.1) is 0 Å². The summed E-state index contributed by atoms with van der Waals surface area (Å²) in [4.78, 5) is 13.8. The van der Waals surface area contributed by atoms with Crippen molar-refractivity contribution >= 4 is 5.91 Å². The first kappa shape index (κ1) is 13.1. The highest BCUT2D eigenvalue weighted by Gasteiger charge is 2.19. The molecule has 1 amide bonds. The van der Waals surface area contributed by atoms with Crippen molar-refractivity contribution in [2.45, 2.75) is 38.3 Å². The minimum absolute atomic E-state index is 0.129. The zero-order chi connectivity index (χ0) is 12.8. The maximum absolute atomic E-state index is 12.1. The van der Waals surface area contributed by atoms with Gasteiger partial charge in [-0.05, 0) is 24.8 Å². The zero-order valence-electron chi connectivity index (χ0n) is 11.0. The highest BCUT2D eigenvalue weighted by Crippen LogP contribution is 2.16. The minimum atomic E-state index is 0.129. The molecule has 0 N–H and O–H groups in total. The molecule has 18 heavy (non-hydrogen) atoms. The summed E-state index contributed by atoms with van der Waals surface area (Å²) in [6.45, 7) is 1.48. The van der Waals surface area contributed by atoms with Gasteiger partial charge in [0.2, 0.25) is 5.91 Å². The summed E-state index contributed by atoms with van der Waals surface area (Å²) in [5.41, 5.74) is 1.16. The van der Waals surface area contributed by atoms with E-state index in [-0.39, 0.29) is 12.0 Å². The number of ether oxygens (including phenoxy) is 1. The normalized spacial score (nSPS) is 19.5. The second kappa shape index (κ2) is 6.55. The molecule has 1 aliphatic heterocycles. The second-order valence-corrected chi connectivity index (χ2v) is 4.93. The van der Waals surface area contributed by atoms with Gasteiger partial charge in [0.25, 0.3) is 0 Å². The van der Waals surface area contributed by atoms with Crippen LogP contribution in [-0.2, 0) is 16.1 Å². The smallest absolute Gasteiger partial charge is 0.225 e. The number of hydrogen-bond acceptors (Lipinski definition) is 2. The van der Waals surface area contributed by atoms with Crippen molar-refractivity contribution in [1.29, 1.82) is 0 Å². The van der Waals surface area contributed by atoms with Gasteiger partial charge in [-0.3, -0.25) is 4.79 Å². The lowest BCUT2D eigenvalue weighted by Crippen LogP contribution is -2.31. The van der Waals surface area contributed by atoms with E-state index >= 15 is 0 Å². The number of hydrogen-bond donors (Lipinski definition) is 0. The Morgan fingerprint density at radius 2 is 2.11 bits per heavy atom. The van der Waals surface area contributed by atoms with Gasteiger partial charge in [0.15, 0.2) is 0 Å². The Morgan fingerprint density at radius 3 is 2.78 bits per heavy atom. The molecule has 1 heterocycles. The van der Waals surface area contributed by atoms with E-state index < -0.39 is 0 Å². The minimum Gasteiger partial charge on any atom is -0.378 e. The van der Waals surface area contributed by atoms with Crippen molar-refractivity contribution in [3.05, 3.63) is 35.9 Å². The van der Waals surface area contributed by atoms with Gasteiger partial charge in [0.1, 0.15) is 0 Å². The molecule has 98 valence electrons. The first-order valence-corrected chi connectivity index (χ1v) is 6.65. The largest absolute Gasteiger partial charge is 0.378 e. The Bertz CT molecular complexity index is 371. The second-order valence-electron chi connectivity index (χ2n) is 4.93. The Morgan fingerprint density at radius 1 is 1.33 bits per heavy atom. The van der Waals surface area contributed by atoms with E-state index in [1.807, 2.05) is 37.4 Å². The van der Waals surface area contributed by atoms with Crippen molar-refractivity contribution in [3.8, 4) is 0 Å². The zero-order valence-corrected chi connectivity index (χ0v) is 11.0. The molecule has 3 nitrogen and oxygen atoms in total. The lowest BCUT2D eigenvalue weighted by Gasteiger charge is -2.25. The van der Waals surface area contributed by atoms with E-state index in [2.05, 4.69) is 0 Å². The molecule has 0 radical (unpaired) electrons. The number of benzene rings is 1. The molecule has 1 aromatic rings. The van der Waals surface area contributed by atoms with Crippen LogP contribution in [0.4, 0.5) is 0 Å². The fourth-order valence-corrected chi connectivity index (χ4v) is 2.26. The third kappa shape index (κ3) is 3.84. The predicted molar refractivity (Wildman–Crippen MR) is 71.1 cm³/mol. The summed E-state index contributed by atoms with van der Waals surface area (Å²) in [5, 5.41) is 0. The van der Waals surface area contributed by atoms with Gasteiger partial charge in [0.05, 0.1) is 12.5 Å². The van der Waals surface area contributed by atoms with Crippen LogP contribution in [0.25, 0.3) is 0 Å². The fourth-order valence-electron chi connectivity index (χ4n) is 2.26. The SMILES string of the molecule is CN(Cc1ccccc1)C(=O)CC1CCCCO1. The molecule has 0 aliphatic carbocycles. The molecule has 0 aromatic heterocycles. The average molecular weight is 247 g/mol. The third-order valence-corrected chi connectivity index (χ3v) is 3.36. The molecule has 2 rings (SSSR count). The molecule has 1 unspecified atom stereocenters. The number of rotatable bonds is 4. The summed E-state index contributed by atoms with van der Waals surface area (Å²) >= 11 is 0. The number of amides is 1. The van der Waals surface area contributed by atoms with E-state index in [0.29, 0.717) is 13.0 Å². The summed E-state index contributed by atoms with van der Waals surface area (Å²) in [6.07, 6.45) is 3.98. The van der Waals surface area contributed by atoms with Crippen LogP contribution in [0.3, 0.4) is 0 Å². The van der Waals surface area contributed by atoms with E-state index in [4.69, 9.17) is 4.74 Å². The number of nitrogens with zero attached hydrogens (tertiary/aromatic N) is 1. The van der Waals surface area contributed by atoms with Gasteiger partial charge < -0.3 is 9.64 Å². The maximum atomic E-state index is 12.1. The Balaban J connectivity index is 1.81. The maximum Gasteiger partial charge on any atom is 0.225 e. The number of carbonyl (C=O) groups excluding carboxylic acids is 1. The van der Waals surface area contributed by atoms with E-state index in [9.17, 15) is 4.79 Å². The molecule has 0 bridgehead atoms. The highest BCUT2D eigenvalue weighted by atomic mass is 16.5. The standard InChI is InChI=1S/C15H21NO2/c1-16(12-13-7-3-2-4-8-13)15(17)11-14-9-5-6-10-18-14/h2-4,7-8,14H,5-6,9-12H2,1H3. The van der Waals surface area contributed by atoms with Crippen LogP contribution in [0.2, 0.25) is 0 Å². The molecule has 1 saturated heterocycles. The third-order valence-electron chi connectivity index (χ3n) is 3.36. The predicted octanol–water partition coefficient (Wildman–Crippen LogP) is 2.60. The fraction of sp³-hybridized carbons (Fsp3) is 0.533. The molecule has 0 saturated carbocycles. The van der Waals surface area contributed by atoms with Crippen LogP contribution >= 0.6 is 0 Å². The van der Waals surface area contributed by atoms with Gasteiger partial charge in [-0.1, -0.05) is 30.3 Å². The van der Waals surface area contributed by atoms with Crippen molar-refractivity contribution in [2.75, 3.05) is 13.7 Å². The van der Waals surface area contributed by atoms with E-state index in [1.165, 1.54) is 6.42 Å². The highest BCUT2D eigenvalue weighted by molar-refractivity contribution is 5.76. The Labute approximate surface area is 109 Å². The summed E-state index contributed by atoms with van der Waals surface area (Å²) in [7, 11) is 1.86. The summed E-state index contributed by atoms with van der Waals surface area (Å²) in [6, 6.07) is 10.1. The van der Waals surface area contributed by atoms with Crippen molar-refractivity contribution < 1.29 is 9.53 Å². The van der Waals surface area contributed by atoms with Crippen molar-refractivity contribution in [1.82, 2.24) is 4.90 Å². The lowest BCUT2D eigenvalue weighted by atomic mass is 10.1. The van der Waals surface area contributed by atoms with Gasteiger partial charge in [-0.2, -0.15) is 0 Å².